The molecule has 0 saturated carbocycles. The Labute approximate surface area is 214 Å². The molecule has 6 nitrogen and oxygen atoms in total. The van der Waals surface area contributed by atoms with Crippen molar-refractivity contribution in [3.8, 4) is 5.75 Å². The lowest BCUT2D eigenvalue weighted by Gasteiger charge is -2.39. The molecule has 35 heavy (non-hydrogen) atoms. The first-order valence-corrected chi connectivity index (χ1v) is 12.9. The van der Waals surface area contributed by atoms with Gasteiger partial charge in [0.1, 0.15) is 17.4 Å². The van der Waals surface area contributed by atoms with Crippen LogP contribution in [0.15, 0.2) is 52.9 Å². The van der Waals surface area contributed by atoms with Crippen LogP contribution < -0.4 is 4.74 Å². The lowest BCUT2D eigenvalue weighted by Crippen LogP contribution is -2.49. The molecule has 0 unspecified atom stereocenters. The summed E-state index contributed by atoms with van der Waals surface area (Å²) in [6.07, 6.45) is 4.01. The number of carbonyl (C=O) groups excluding carboxylic acids is 2. The molecule has 0 N–H and O–H groups in total. The fraction of sp³-hybridized carbons (Fsp3) is 0.407. The van der Waals surface area contributed by atoms with Crippen molar-refractivity contribution in [1.29, 1.82) is 0 Å². The molecule has 0 radical (unpaired) electrons. The normalized spacial score (nSPS) is 20.7. The molecule has 2 aromatic carbocycles. The number of likely N-dealkylation sites (tertiary alicyclic amines) is 2. The van der Waals surface area contributed by atoms with Gasteiger partial charge >= 0.3 is 0 Å². The Morgan fingerprint density at radius 1 is 0.943 bits per heavy atom. The number of ether oxygens (including phenoxy) is 1. The van der Waals surface area contributed by atoms with Crippen molar-refractivity contribution >= 4 is 46.0 Å². The second-order valence-electron chi connectivity index (χ2n) is 9.35. The molecule has 5 rings (SSSR count). The molecule has 2 aliphatic heterocycles. The van der Waals surface area contributed by atoms with Gasteiger partial charge in [0.15, 0.2) is 5.76 Å². The van der Waals surface area contributed by atoms with Crippen LogP contribution in [-0.4, -0.2) is 53.9 Å². The van der Waals surface area contributed by atoms with Gasteiger partial charge in [-0.2, -0.15) is 0 Å². The summed E-state index contributed by atoms with van der Waals surface area (Å²) in [6, 6.07) is 14.3. The Morgan fingerprint density at radius 2 is 1.74 bits per heavy atom. The molecule has 2 atom stereocenters. The molecule has 3 heterocycles. The second kappa shape index (κ2) is 10.5. The number of halogens is 2. The van der Waals surface area contributed by atoms with Crippen molar-refractivity contribution in [3.63, 3.8) is 0 Å². The van der Waals surface area contributed by atoms with Gasteiger partial charge in [0, 0.05) is 60.4 Å². The highest BCUT2D eigenvalue weighted by molar-refractivity contribution is 6.31. The number of hydrogen-bond donors (Lipinski definition) is 0. The predicted octanol–water partition coefficient (Wildman–Crippen LogP) is 6.05. The minimum Gasteiger partial charge on any atom is -0.490 e. The van der Waals surface area contributed by atoms with Crippen LogP contribution in [0.1, 0.15) is 42.7 Å². The average Bonchev–Trinajstić information content (AvgIpc) is 3.28. The van der Waals surface area contributed by atoms with Crippen molar-refractivity contribution in [2.45, 2.75) is 38.2 Å². The lowest BCUT2D eigenvalue weighted by atomic mass is 9.90. The van der Waals surface area contributed by atoms with Crippen LogP contribution in [-0.2, 0) is 4.79 Å². The van der Waals surface area contributed by atoms with Gasteiger partial charge in [0.25, 0.3) is 5.91 Å². The van der Waals surface area contributed by atoms with Crippen molar-refractivity contribution in [2.75, 3.05) is 26.2 Å². The summed E-state index contributed by atoms with van der Waals surface area (Å²) in [4.78, 5) is 30.2. The van der Waals surface area contributed by atoms with Crippen molar-refractivity contribution in [2.24, 2.45) is 5.92 Å². The summed E-state index contributed by atoms with van der Waals surface area (Å²) >= 11 is 12.2. The van der Waals surface area contributed by atoms with Crippen LogP contribution in [0.25, 0.3) is 11.0 Å². The highest BCUT2D eigenvalue weighted by Crippen LogP contribution is 2.30. The topological polar surface area (TPSA) is 63.0 Å². The molecule has 0 bridgehead atoms. The molecule has 2 saturated heterocycles. The Morgan fingerprint density at radius 3 is 2.54 bits per heavy atom. The average molecular weight is 515 g/mol. The Balaban J connectivity index is 1.34. The smallest absolute Gasteiger partial charge is 0.289 e. The minimum atomic E-state index is -0.194. The van der Waals surface area contributed by atoms with Crippen LogP contribution in [0.2, 0.25) is 10.0 Å². The SMILES string of the molecule is O=C(C[C@H]1CN(C(=O)c2cc3cc(Cl)ccc3o2)CC[C@@H]1Oc1cccc(Cl)c1)N1CCCCC1. The molecule has 8 heteroatoms. The molecule has 1 aromatic heterocycles. The predicted molar refractivity (Wildman–Crippen MR) is 136 cm³/mol. The van der Waals surface area contributed by atoms with Crippen LogP contribution in [0, 0.1) is 5.92 Å². The maximum Gasteiger partial charge on any atom is 0.289 e. The number of nitrogens with zero attached hydrogens (tertiary/aromatic N) is 2. The minimum absolute atomic E-state index is 0.127. The Kier molecular flexibility index (Phi) is 7.21. The third-order valence-electron chi connectivity index (χ3n) is 6.87. The first kappa shape index (κ1) is 24.0. The number of carbonyl (C=O) groups is 2. The molecule has 0 aliphatic carbocycles. The number of rotatable bonds is 5. The van der Waals surface area contributed by atoms with Crippen molar-refractivity contribution < 1.29 is 18.7 Å². The number of piperidine rings is 2. The Bertz CT molecular complexity index is 1220. The molecular formula is C27H28Cl2N2O4. The molecule has 2 fully saturated rings. The molecule has 3 aromatic rings. The van der Waals surface area contributed by atoms with Crippen LogP contribution >= 0.6 is 23.2 Å². The number of amides is 2. The quantitative estimate of drug-likeness (QED) is 0.415. The summed E-state index contributed by atoms with van der Waals surface area (Å²) in [5.41, 5.74) is 0.619. The van der Waals surface area contributed by atoms with E-state index in [9.17, 15) is 9.59 Å². The van der Waals surface area contributed by atoms with E-state index in [4.69, 9.17) is 32.4 Å². The van der Waals surface area contributed by atoms with Gasteiger partial charge in [-0.05, 0) is 61.7 Å². The van der Waals surface area contributed by atoms with Gasteiger partial charge in [-0.1, -0.05) is 29.3 Å². The first-order valence-electron chi connectivity index (χ1n) is 12.1. The van der Waals surface area contributed by atoms with E-state index in [1.807, 2.05) is 17.0 Å². The first-order chi connectivity index (χ1) is 17.0. The second-order valence-corrected chi connectivity index (χ2v) is 10.2. The van der Waals surface area contributed by atoms with E-state index in [1.54, 1.807) is 41.3 Å². The molecular weight excluding hydrogens is 487 g/mol. The van der Waals surface area contributed by atoms with E-state index in [0.29, 0.717) is 47.3 Å². The summed E-state index contributed by atoms with van der Waals surface area (Å²) in [7, 11) is 0. The number of hydrogen-bond acceptors (Lipinski definition) is 4. The lowest BCUT2D eigenvalue weighted by molar-refractivity contribution is -0.134. The molecule has 2 aliphatic rings. The van der Waals surface area contributed by atoms with E-state index >= 15 is 0 Å². The molecule has 2 amide bonds. The van der Waals surface area contributed by atoms with Gasteiger partial charge in [-0.15, -0.1) is 0 Å². The summed E-state index contributed by atoms with van der Waals surface area (Å²) < 4.78 is 12.1. The maximum atomic E-state index is 13.3. The standard InChI is InChI=1S/C27H28Cl2N2O4/c28-20-5-4-6-22(16-20)34-24-9-12-31(17-19(24)15-26(32)30-10-2-1-3-11-30)27(33)25-14-18-13-21(29)7-8-23(18)35-25/h4-8,13-14,16,19,24H,1-3,9-12,15,17H2/t19-,24-/m0/s1. The van der Waals surface area contributed by atoms with Crippen LogP contribution in [0.3, 0.4) is 0 Å². The third-order valence-corrected chi connectivity index (χ3v) is 7.34. The summed E-state index contributed by atoms with van der Waals surface area (Å²) in [5, 5.41) is 1.98. The highest BCUT2D eigenvalue weighted by Gasteiger charge is 2.36. The van der Waals surface area contributed by atoms with E-state index in [1.165, 1.54) is 6.42 Å². The van der Waals surface area contributed by atoms with E-state index in [-0.39, 0.29) is 29.6 Å². The zero-order valence-electron chi connectivity index (χ0n) is 19.4. The van der Waals surface area contributed by atoms with Gasteiger partial charge in [0.05, 0.1) is 0 Å². The van der Waals surface area contributed by atoms with Gasteiger partial charge in [-0.25, -0.2) is 0 Å². The van der Waals surface area contributed by atoms with E-state index in [0.717, 1.165) is 31.3 Å². The molecule has 184 valence electrons. The molecule has 0 spiro atoms. The third kappa shape index (κ3) is 5.60. The van der Waals surface area contributed by atoms with Gasteiger partial charge in [-0.3, -0.25) is 9.59 Å². The van der Waals surface area contributed by atoms with Gasteiger partial charge < -0.3 is 19.0 Å². The summed E-state index contributed by atoms with van der Waals surface area (Å²) in [6.45, 7) is 2.53. The monoisotopic (exact) mass is 514 g/mol. The van der Waals surface area contributed by atoms with E-state index in [2.05, 4.69) is 0 Å². The number of benzene rings is 2. The summed E-state index contributed by atoms with van der Waals surface area (Å²) in [5.74, 6) is 0.750. The zero-order valence-corrected chi connectivity index (χ0v) is 20.9. The number of fused-ring (bicyclic) bond motifs is 1. The van der Waals surface area contributed by atoms with Crippen molar-refractivity contribution in [1.82, 2.24) is 9.80 Å². The van der Waals surface area contributed by atoms with Crippen molar-refractivity contribution in [3.05, 3.63) is 64.3 Å². The zero-order chi connectivity index (χ0) is 24.4. The Hall–Kier alpha value is -2.70. The van der Waals surface area contributed by atoms with Crippen LogP contribution in [0.4, 0.5) is 0 Å². The van der Waals surface area contributed by atoms with Gasteiger partial charge in [0.2, 0.25) is 5.91 Å². The highest BCUT2D eigenvalue weighted by atomic mass is 35.5. The fourth-order valence-corrected chi connectivity index (χ4v) is 5.39. The number of furan rings is 1. The van der Waals surface area contributed by atoms with Crippen LogP contribution in [0.5, 0.6) is 5.75 Å². The van der Waals surface area contributed by atoms with E-state index < -0.39 is 0 Å². The fourth-order valence-electron chi connectivity index (χ4n) is 5.03. The maximum absolute atomic E-state index is 13.3. The largest absolute Gasteiger partial charge is 0.490 e.